The first-order valence-corrected chi connectivity index (χ1v) is 7.10. The van der Waals surface area contributed by atoms with Crippen molar-refractivity contribution >= 4 is 39.1 Å². The van der Waals surface area contributed by atoms with Crippen LogP contribution in [-0.4, -0.2) is 18.4 Å². The summed E-state index contributed by atoms with van der Waals surface area (Å²) < 4.78 is 1.03. The fourth-order valence-corrected chi connectivity index (χ4v) is 3.15. The minimum Gasteiger partial charge on any atom is -0.355 e. The number of thiophene rings is 1. The molecular weight excluding hydrogens is 304 g/mol. The molecule has 92 valence electrons. The van der Waals surface area contributed by atoms with Crippen molar-refractivity contribution in [3.05, 3.63) is 20.8 Å². The van der Waals surface area contributed by atoms with E-state index in [1.165, 1.54) is 0 Å². The van der Waals surface area contributed by atoms with Crippen molar-refractivity contribution in [3.63, 3.8) is 0 Å². The molecule has 2 amide bonds. The highest BCUT2D eigenvalue weighted by atomic mass is 79.9. The highest BCUT2D eigenvalue weighted by Crippen LogP contribution is 2.22. The van der Waals surface area contributed by atoms with E-state index < -0.39 is 0 Å². The molecule has 1 aliphatic rings. The summed E-state index contributed by atoms with van der Waals surface area (Å²) in [6.07, 6.45) is 1.09. The van der Waals surface area contributed by atoms with Gasteiger partial charge < -0.3 is 10.6 Å². The van der Waals surface area contributed by atoms with Crippen LogP contribution in [0.3, 0.4) is 0 Å². The molecule has 1 unspecified atom stereocenters. The molecule has 0 radical (unpaired) electrons. The second kappa shape index (κ2) is 5.64. The molecule has 2 N–H and O–H groups in total. The van der Waals surface area contributed by atoms with Crippen LogP contribution in [-0.2, 0) is 16.1 Å². The van der Waals surface area contributed by atoms with Crippen molar-refractivity contribution in [1.82, 2.24) is 10.6 Å². The second-order valence-electron chi connectivity index (χ2n) is 3.95. The molecule has 0 aromatic carbocycles. The predicted octanol–water partition coefficient (Wildman–Crippen LogP) is 1.65. The van der Waals surface area contributed by atoms with Gasteiger partial charge >= 0.3 is 0 Å². The van der Waals surface area contributed by atoms with E-state index in [1.54, 1.807) is 11.3 Å². The number of rotatable bonds is 3. The molecule has 6 heteroatoms. The average Bonchev–Trinajstić information content (AvgIpc) is 2.73. The number of carbonyl (C=O) groups is 2. The van der Waals surface area contributed by atoms with Crippen molar-refractivity contribution in [2.45, 2.75) is 19.4 Å². The second-order valence-corrected chi connectivity index (χ2v) is 5.80. The van der Waals surface area contributed by atoms with Crippen molar-refractivity contribution < 1.29 is 9.59 Å². The minimum absolute atomic E-state index is 0.0188. The van der Waals surface area contributed by atoms with E-state index in [0.29, 0.717) is 25.9 Å². The molecule has 1 aromatic rings. The van der Waals surface area contributed by atoms with Gasteiger partial charge in [0.25, 0.3) is 0 Å². The third-order valence-electron chi connectivity index (χ3n) is 2.75. The molecule has 1 aliphatic heterocycles. The molecule has 4 nitrogen and oxygen atoms in total. The van der Waals surface area contributed by atoms with E-state index in [4.69, 9.17) is 0 Å². The molecular formula is C11H13BrN2O2S. The lowest BCUT2D eigenvalue weighted by Gasteiger charge is -2.21. The SMILES string of the molecule is O=C1CCC(C(=O)NCc2sccc2Br)CN1. The number of nitrogens with one attached hydrogen (secondary N) is 2. The average molecular weight is 317 g/mol. The fraction of sp³-hybridized carbons (Fsp3) is 0.455. The lowest BCUT2D eigenvalue weighted by Crippen LogP contribution is -2.42. The van der Waals surface area contributed by atoms with Gasteiger partial charge in [-0.1, -0.05) is 0 Å². The molecule has 0 saturated carbocycles. The van der Waals surface area contributed by atoms with E-state index in [0.717, 1.165) is 9.35 Å². The van der Waals surface area contributed by atoms with Gasteiger partial charge in [0.15, 0.2) is 0 Å². The van der Waals surface area contributed by atoms with Crippen LogP contribution >= 0.6 is 27.3 Å². The van der Waals surface area contributed by atoms with Gasteiger partial charge in [-0.05, 0) is 33.8 Å². The summed E-state index contributed by atoms with van der Waals surface area (Å²) in [6, 6.07) is 1.97. The van der Waals surface area contributed by atoms with Crippen LogP contribution in [0.25, 0.3) is 0 Å². The van der Waals surface area contributed by atoms with Crippen molar-refractivity contribution in [2.24, 2.45) is 5.92 Å². The molecule has 1 fully saturated rings. The Balaban J connectivity index is 1.81. The van der Waals surface area contributed by atoms with Crippen LogP contribution in [0.1, 0.15) is 17.7 Å². The van der Waals surface area contributed by atoms with Crippen LogP contribution in [0.5, 0.6) is 0 Å². The highest BCUT2D eigenvalue weighted by molar-refractivity contribution is 9.10. The van der Waals surface area contributed by atoms with E-state index in [-0.39, 0.29) is 17.7 Å². The highest BCUT2D eigenvalue weighted by Gasteiger charge is 2.24. The van der Waals surface area contributed by atoms with E-state index in [9.17, 15) is 9.59 Å². The summed E-state index contributed by atoms with van der Waals surface area (Å²) in [4.78, 5) is 23.9. The Labute approximate surface area is 112 Å². The predicted molar refractivity (Wildman–Crippen MR) is 69.6 cm³/mol. The maximum Gasteiger partial charge on any atom is 0.225 e. The van der Waals surface area contributed by atoms with Crippen LogP contribution < -0.4 is 10.6 Å². The Morgan fingerprint density at radius 3 is 3.06 bits per heavy atom. The first-order chi connectivity index (χ1) is 8.16. The van der Waals surface area contributed by atoms with Gasteiger partial charge in [0.1, 0.15) is 0 Å². The summed E-state index contributed by atoms with van der Waals surface area (Å²) in [5.41, 5.74) is 0. The van der Waals surface area contributed by atoms with Crippen LogP contribution in [0.4, 0.5) is 0 Å². The minimum atomic E-state index is -0.0913. The summed E-state index contributed by atoms with van der Waals surface area (Å²) in [6.45, 7) is 0.998. The Hall–Kier alpha value is -0.880. The maximum atomic E-state index is 11.8. The number of hydrogen-bond donors (Lipinski definition) is 2. The number of hydrogen-bond acceptors (Lipinski definition) is 3. The van der Waals surface area contributed by atoms with E-state index in [1.807, 2.05) is 11.4 Å². The van der Waals surface area contributed by atoms with Gasteiger partial charge in [-0.25, -0.2) is 0 Å². The Bertz CT molecular complexity index is 423. The van der Waals surface area contributed by atoms with Gasteiger partial charge in [-0.15, -0.1) is 11.3 Å². The summed E-state index contributed by atoms with van der Waals surface area (Å²) in [5.74, 6) is -0.0354. The number of halogens is 1. The van der Waals surface area contributed by atoms with Crippen molar-refractivity contribution in [2.75, 3.05) is 6.54 Å². The summed E-state index contributed by atoms with van der Waals surface area (Å²) >= 11 is 5.03. The molecule has 1 saturated heterocycles. The zero-order valence-electron chi connectivity index (χ0n) is 9.16. The van der Waals surface area contributed by atoms with Gasteiger partial charge in [0, 0.05) is 22.3 Å². The molecule has 2 rings (SSSR count). The van der Waals surface area contributed by atoms with Crippen LogP contribution in [0, 0.1) is 5.92 Å². The zero-order valence-corrected chi connectivity index (χ0v) is 11.6. The molecule has 17 heavy (non-hydrogen) atoms. The van der Waals surface area contributed by atoms with Crippen molar-refractivity contribution in [1.29, 1.82) is 0 Å². The normalized spacial score (nSPS) is 19.8. The standard InChI is InChI=1S/C11H13BrN2O2S/c12-8-3-4-17-9(8)6-14-11(16)7-1-2-10(15)13-5-7/h3-4,7H,1-2,5-6H2,(H,13,15)(H,14,16). The zero-order chi connectivity index (χ0) is 12.3. The van der Waals surface area contributed by atoms with Crippen molar-refractivity contribution in [3.8, 4) is 0 Å². The first kappa shape index (κ1) is 12.6. The fourth-order valence-electron chi connectivity index (χ4n) is 1.72. The third-order valence-corrected chi connectivity index (χ3v) is 4.68. The lowest BCUT2D eigenvalue weighted by molar-refractivity contribution is -0.129. The summed E-state index contributed by atoms with van der Waals surface area (Å²) in [5, 5.41) is 7.59. The molecule has 0 aliphatic carbocycles. The van der Waals surface area contributed by atoms with E-state index >= 15 is 0 Å². The quantitative estimate of drug-likeness (QED) is 0.891. The van der Waals surface area contributed by atoms with Crippen LogP contribution in [0.15, 0.2) is 15.9 Å². The largest absolute Gasteiger partial charge is 0.355 e. The maximum absolute atomic E-state index is 11.8. The Kier molecular flexibility index (Phi) is 4.17. The van der Waals surface area contributed by atoms with Gasteiger partial charge in [-0.3, -0.25) is 9.59 Å². The number of amides is 2. The molecule has 1 aromatic heterocycles. The van der Waals surface area contributed by atoms with Gasteiger partial charge in [-0.2, -0.15) is 0 Å². The van der Waals surface area contributed by atoms with Gasteiger partial charge in [0.05, 0.1) is 12.5 Å². The lowest BCUT2D eigenvalue weighted by atomic mass is 9.98. The smallest absolute Gasteiger partial charge is 0.225 e. The molecule has 0 bridgehead atoms. The first-order valence-electron chi connectivity index (χ1n) is 5.43. The molecule has 0 spiro atoms. The number of carbonyl (C=O) groups excluding carboxylic acids is 2. The summed E-state index contributed by atoms with van der Waals surface area (Å²) in [7, 11) is 0. The monoisotopic (exact) mass is 316 g/mol. The van der Waals surface area contributed by atoms with Crippen LogP contribution in [0.2, 0.25) is 0 Å². The Morgan fingerprint density at radius 2 is 2.47 bits per heavy atom. The van der Waals surface area contributed by atoms with Gasteiger partial charge in [0.2, 0.25) is 11.8 Å². The van der Waals surface area contributed by atoms with E-state index in [2.05, 4.69) is 26.6 Å². The third kappa shape index (κ3) is 3.29. The molecule has 1 atom stereocenters. The molecule has 2 heterocycles. The topological polar surface area (TPSA) is 58.2 Å². The number of piperidine rings is 1. The Morgan fingerprint density at radius 1 is 1.65 bits per heavy atom.